The molecule has 0 saturated heterocycles. The molecule has 22 heavy (non-hydrogen) atoms. The largest absolute Gasteiger partial charge is 0.497 e. The topological polar surface area (TPSA) is 29.5 Å². The number of hydrogen-bond acceptors (Lipinski definition) is 3. The first-order valence-corrected chi connectivity index (χ1v) is 7.48. The third-order valence-corrected chi connectivity index (χ3v) is 3.95. The minimum atomic E-state index is -0.349. The van der Waals surface area contributed by atoms with E-state index in [1.54, 1.807) is 7.11 Å². The lowest BCUT2D eigenvalue weighted by Crippen LogP contribution is -2.11. The van der Waals surface area contributed by atoms with Crippen molar-refractivity contribution in [3.05, 3.63) is 59.7 Å². The fourth-order valence-corrected chi connectivity index (χ4v) is 2.53. The molecule has 0 aromatic heterocycles. The second kappa shape index (κ2) is 7.32. The van der Waals surface area contributed by atoms with Gasteiger partial charge in [0.1, 0.15) is 5.75 Å². The molecule has 116 valence electrons. The molecule has 0 aliphatic carbocycles. The lowest BCUT2D eigenvalue weighted by atomic mass is 9.93. The molecule has 4 heteroatoms. The van der Waals surface area contributed by atoms with Crippen LogP contribution in [0.3, 0.4) is 0 Å². The van der Waals surface area contributed by atoms with E-state index in [1.807, 2.05) is 67.5 Å². The number of halogens is 1. The molecule has 0 saturated carbocycles. The standard InChI is InChI=1S/C18H20ClNO2/c1-20(2)15-8-4-13(5-9-15)12-17(18(19)21)14-6-10-16(22-3)11-7-14/h4-11,17H,12H2,1-3H3. The second-order valence-electron chi connectivity index (χ2n) is 5.39. The van der Waals surface area contributed by atoms with E-state index in [9.17, 15) is 4.79 Å². The van der Waals surface area contributed by atoms with Crippen molar-refractivity contribution in [2.75, 3.05) is 26.1 Å². The van der Waals surface area contributed by atoms with Gasteiger partial charge in [-0.25, -0.2) is 0 Å². The predicted molar refractivity (Wildman–Crippen MR) is 91.1 cm³/mol. The number of nitrogens with zero attached hydrogens (tertiary/aromatic N) is 1. The first-order chi connectivity index (χ1) is 10.5. The number of ether oxygens (including phenoxy) is 1. The summed E-state index contributed by atoms with van der Waals surface area (Å²) in [4.78, 5) is 13.8. The van der Waals surface area contributed by atoms with Gasteiger partial charge < -0.3 is 9.64 Å². The summed E-state index contributed by atoms with van der Waals surface area (Å²) in [5.74, 6) is 0.414. The van der Waals surface area contributed by atoms with Crippen LogP contribution in [0.15, 0.2) is 48.5 Å². The molecule has 0 radical (unpaired) electrons. The van der Waals surface area contributed by atoms with Crippen molar-refractivity contribution in [3.8, 4) is 5.75 Å². The molecule has 2 aromatic rings. The fraction of sp³-hybridized carbons (Fsp3) is 0.278. The Morgan fingerprint density at radius 1 is 1.09 bits per heavy atom. The zero-order valence-electron chi connectivity index (χ0n) is 13.0. The van der Waals surface area contributed by atoms with Crippen molar-refractivity contribution in [2.45, 2.75) is 12.3 Å². The first kappa shape index (κ1) is 16.4. The molecule has 0 aliphatic heterocycles. The van der Waals surface area contributed by atoms with Gasteiger partial charge in [0.15, 0.2) is 0 Å². The Labute approximate surface area is 136 Å². The molecule has 0 spiro atoms. The minimum absolute atomic E-state index is 0.346. The van der Waals surface area contributed by atoms with Crippen molar-refractivity contribution in [1.29, 1.82) is 0 Å². The SMILES string of the molecule is COc1ccc(C(Cc2ccc(N(C)C)cc2)C(=O)Cl)cc1. The lowest BCUT2D eigenvalue weighted by Gasteiger charge is -2.16. The van der Waals surface area contributed by atoms with Crippen molar-refractivity contribution >= 4 is 22.5 Å². The van der Waals surface area contributed by atoms with Gasteiger partial charge in [0.05, 0.1) is 13.0 Å². The summed E-state index contributed by atoms with van der Waals surface area (Å²) in [6.07, 6.45) is 0.586. The number of hydrogen-bond donors (Lipinski definition) is 0. The van der Waals surface area contributed by atoms with Gasteiger partial charge in [-0.05, 0) is 53.4 Å². The molecule has 0 amide bonds. The average Bonchev–Trinajstić information content (AvgIpc) is 2.53. The zero-order chi connectivity index (χ0) is 16.1. The average molecular weight is 318 g/mol. The highest BCUT2D eigenvalue weighted by Crippen LogP contribution is 2.26. The molecule has 2 rings (SSSR count). The van der Waals surface area contributed by atoms with Crippen LogP contribution in [0.1, 0.15) is 17.0 Å². The van der Waals surface area contributed by atoms with Gasteiger partial charge in [0, 0.05) is 19.8 Å². The summed E-state index contributed by atoms with van der Waals surface area (Å²) in [5.41, 5.74) is 3.11. The second-order valence-corrected chi connectivity index (χ2v) is 5.77. The normalized spacial score (nSPS) is 11.8. The molecule has 1 atom stereocenters. The summed E-state index contributed by atoms with van der Waals surface area (Å²) in [6.45, 7) is 0. The maximum Gasteiger partial charge on any atom is 0.229 e. The molecular formula is C18H20ClNO2. The Hall–Kier alpha value is -2.00. The molecule has 2 aromatic carbocycles. The van der Waals surface area contributed by atoms with E-state index in [0.29, 0.717) is 6.42 Å². The number of carbonyl (C=O) groups is 1. The van der Waals surface area contributed by atoms with Gasteiger partial charge in [0.2, 0.25) is 5.24 Å². The van der Waals surface area contributed by atoms with E-state index >= 15 is 0 Å². The number of carbonyl (C=O) groups excluding carboxylic acids is 1. The molecular weight excluding hydrogens is 298 g/mol. The Kier molecular flexibility index (Phi) is 5.45. The Balaban J connectivity index is 2.19. The highest BCUT2D eigenvalue weighted by Gasteiger charge is 2.19. The van der Waals surface area contributed by atoms with Gasteiger partial charge in [-0.15, -0.1) is 0 Å². The van der Waals surface area contributed by atoms with Crippen molar-refractivity contribution in [2.24, 2.45) is 0 Å². The van der Waals surface area contributed by atoms with Crippen LogP contribution in [0.4, 0.5) is 5.69 Å². The van der Waals surface area contributed by atoms with Crippen molar-refractivity contribution < 1.29 is 9.53 Å². The van der Waals surface area contributed by atoms with Gasteiger partial charge in [-0.2, -0.15) is 0 Å². The molecule has 0 aliphatic rings. The Morgan fingerprint density at radius 2 is 1.68 bits per heavy atom. The van der Waals surface area contributed by atoms with E-state index in [4.69, 9.17) is 16.3 Å². The number of rotatable bonds is 6. The first-order valence-electron chi connectivity index (χ1n) is 7.11. The predicted octanol–water partition coefficient (Wildman–Crippen LogP) is 3.85. The van der Waals surface area contributed by atoms with Crippen LogP contribution in [0.5, 0.6) is 5.75 Å². The summed E-state index contributed by atoms with van der Waals surface area (Å²) in [6, 6.07) is 15.6. The molecule has 0 heterocycles. The summed E-state index contributed by atoms with van der Waals surface area (Å²) in [5, 5.41) is -0.346. The van der Waals surface area contributed by atoms with Gasteiger partial charge >= 0.3 is 0 Å². The summed E-state index contributed by atoms with van der Waals surface area (Å²) in [7, 11) is 5.61. The highest BCUT2D eigenvalue weighted by atomic mass is 35.5. The van der Waals surface area contributed by atoms with Crippen LogP contribution in [-0.4, -0.2) is 26.4 Å². The minimum Gasteiger partial charge on any atom is -0.497 e. The molecule has 0 N–H and O–H groups in total. The smallest absolute Gasteiger partial charge is 0.229 e. The molecule has 3 nitrogen and oxygen atoms in total. The number of anilines is 1. The molecule has 1 unspecified atom stereocenters. The van der Waals surface area contributed by atoms with Crippen LogP contribution >= 0.6 is 11.6 Å². The molecule has 0 fully saturated rings. The monoisotopic (exact) mass is 317 g/mol. The van der Waals surface area contributed by atoms with Crippen LogP contribution in [0, 0.1) is 0 Å². The third-order valence-electron chi connectivity index (χ3n) is 3.68. The third kappa shape index (κ3) is 4.01. The Morgan fingerprint density at radius 3 is 2.14 bits per heavy atom. The van der Waals surface area contributed by atoms with E-state index in [-0.39, 0.29) is 11.2 Å². The number of benzene rings is 2. The quantitative estimate of drug-likeness (QED) is 0.758. The van der Waals surface area contributed by atoms with Crippen molar-refractivity contribution in [3.63, 3.8) is 0 Å². The van der Waals surface area contributed by atoms with Gasteiger partial charge in [0.25, 0.3) is 0 Å². The highest BCUT2D eigenvalue weighted by molar-refractivity contribution is 6.64. The van der Waals surface area contributed by atoms with Crippen LogP contribution in [0.2, 0.25) is 0 Å². The van der Waals surface area contributed by atoms with Gasteiger partial charge in [-0.1, -0.05) is 24.3 Å². The number of methoxy groups -OCH3 is 1. The van der Waals surface area contributed by atoms with E-state index in [1.165, 1.54) is 0 Å². The van der Waals surface area contributed by atoms with Gasteiger partial charge in [-0.3, -0.25) is 4.79 Å². The maximum atomic E-state index is 11.8. The van der Waals surface area contributed by atoms with Crippen LogP contribution in [-0.2, 0) is 11.2 Å². The van der Waals surface area contributed by atoms with E-state index < -0.39 is 0 Å². The Bertz CT molecular complexity index is 621. The van der Waals surface area contributed by atoms with E-state index in [2.05, 4.69) is 0 Å². The fourth-order valence-electron chi connectivity index (χ4n) is 2.33. The van der Waals surface area contributed by atoms with Crippen LogP contribution in [0.25, 0.3) is 0 Å². The van der Waals surface area contributed by atoms with E-state index in [0.717, 1.165) is 22.6 Å². The molecule has 0 bridgehead atoms. The lowest BCUT2D eigenvalue weighted by molar-refractivity contribution is -0.113. The van der Waals surface area contributed by atoms with Crippen molar-refractivity contribution in [1.82, 2.24) is 0 Å². The maximum absolute atomic E-state index is 11.8. The summed E-state index contributed by atoms with van der Waals surface area (Å²) >= 11 is 5.81. The summed E-state index contributed by atoms with van der Waals surface area (Å²) < 4.78 is 5.14. The van der Waals surface area contributed by atoms with Crippen LogP contribution < -0.4 is 9.64 Å². The zero-order valence-corrected chi connectivity index (χ0v) is 13.8.